The zero-order valence-electron chi connectivity index (χ0n) is 18.7. The second-order valence-electron chi connectivity index (χ2n) is 8.51. The number of aryl methyl sites for hydroxylation is 1. The van der Waals surface area contributed by atoms with Crippen LogP contribution in [0.3, 0.4) is 0 Å². The summed E-state index contributed by atoms with van der Waals surface area (Å²) in [7, 11) is 0. The maximum Gasteiger partial charge on any atom is 0.273 e. The molecule has 2 aromatic carbocycles. The van der Waals surface area contributed by atoms with E-state index in [2.05, 4.69) is 15.6 Å². The lowest BCUT2D eigenvalue weighted by Crippen LogP contribution is -2.37. The van der Waals surface area contributed by atoms with Crippen LogP contribution in [0, 0.1) is 5.82 Å². The van der Waals surface area contributed by atoms with E-state index in [4.69, 9.17) is 11.6 Å². The third-order valence-corrected chi connectivity index (χ3v) is 6.30. The van der Waals surface area contributed by atoms with E-state index < -0.39 is 17.3 Å². The number of hydrogen-bond donors (Lipinski definition) is 2. The Hall–Kier alpha value is -3.26. The lowest BCUT2D eigenvalue weighted by molar-refractivity contribution is -0.122. The zero-order chi connectivity index (χ0) is 24.1. The van der Waals surface area contributed by atoms with E-state index in [1.807, 2.05) is 0 Å². The lowest BCUT2D eigenvalue weighted by Gasteiger charge is -2.22. The molecule has 7 nitrogen and oxygen atoms in total. The van der Waals surface area contributed by atoms with E-state index >= 15 is 0 Å². The Morgan fingerprint density at radius 1 is 1.09 bits per heavy atom. The Balaban J connectivity index is 1.51. The summed E-state index contributed by atoms with van der Waals surface area (Å²) in [6.07, 6.45) is 5.73. The van der Waals surface area contributed by atoms with Gasteiger partial charge in [0, 0.05) is 18.9 Å². The zero-order valence-corrected chi connectivity index (χ0v) is 19.4. The van der Waals surface area contributed by atoms with Gasteiger partial charge in [0.1, 0.15) is 18.1 Å². The summed E-state index contributed by atoms with van der Waals surface area (Å²) >= 11 is 6.00. The lowest BCUT2D eigenvalue weighted by atomic mass is 9.95. The van der Waals surface area contributed by atoms with Crippen molar-refractivity contribution in [3.05, 3.63) is 69.4 Å². The molecule has 2 N–H and O–H groups in total. The van der Waals surface area contributed by atoms with Gasteiger partial charge in [-0.25, -0.2) is 9.37 Å². The molecule has 1 aliphatic rings. The largest absolute Gasteiger partial charge is 0.353 e. The first-order chi connectivity index (χ1) is 16.4. The van der Waals surface area contributed by atoms with Crippen molar-refractivity contribution in [2.45, 2.75) is 57.5 Å². The van der Waals surface area contributed by atoms with Gasteiger partial charge in [0.25, 0.3) is 5.56 Å². The van der Waals surface area contributed by atoms with E-state index in [9.17, 15) is 18.8 Å². The monoisotopic (exact) mass is 484 g/mol. The van der Waals surface area contributed by atoms with Crippen molar-refractivity contribution in [2.24, 2.45) is 0 Å². The highest BCUT2D eigenvalue weighted by Crippen LogP contribution is 2.22. The van der Waals surface area contributed by atoms with Crippen LogP contribution in [0.15, 0.2) is 47.3 Å². The van der Waals surface area contributed by atoms with Crippen LogP contribution in [0.5, 0.6) is 0 Å². The number of carbonyl (C=O) groups is 2. The smallest absolute Gasteiger partial charge is 0.273 e. The number of carbonyl (C=O) groups excluding carboxylic acids is 2. The number of aromatic nitrogens is 2. The first-order valence-corrected chi connectivity index (χ1v) is 11.8. The van der Waals surface area contributed by atoms with Gasteiger partial charge in [0.05, 0.1) is 21.7 Å². The number of fused-ring (bicyclic) bond motifs is 1. The average molecular weight is 485 g/mol. The Kier molecular flexibility index (Phi) is 7.57. The highest BCUT2D eigenvalue weighted by Gasteiger charge is 2.18. The van der Waals surface area contributed by atoms with Crippen molar-refractivity contribution in [2.75, 3.05) is 5.32 Å². The predicted molar refractivity (Wildman–Crippen MR) is 129 cm³/mol. The molecule has 0 bridgehead atoms. The Labute approximate surface area is 201 Å². The maximum absolute atomic E-state index is 13.3. The van der Waals surface area contributed by atoms with Gasteiger partial charge in [-0.2, -0.15) is 0 Å². The van der Waals surface area contributed by atoms with Gasteiger partial charge in [-0.05, 0) is 43.2 Å². The normalized spacial score (nSPS) is 14.2. The summed E-state index contributed by atoms with van der Waals surface area (Å²) < 4.78 is 14.6. The molecule has 0 unspecified atom stereocenters. The third kappa shape index (κ3) is 5.80. The molecule has 1 aromatic heterocycles. The molecular weight excluding hydrogens is 459 g/mol. The summed E-state index contributed by atoms with van der Waals surface area (Å²) in [4.78, 5) is 42.8. The quantitative estimate of drug-likeness (QED) is 0.525. The number of rotatable bonds is 7. The molecular formula is C25H26ClFN4O3. The van der Waals surface area contributed by atoms with Crippen LogP contribution in [0.2, 0.25) is 5.02 Å². The van der Waals surface area contributed by atoms with Crippen LogP contribution in [0.1, 0.15) is 44.2 Å². The van der Waals surface area contributed by atoms with Crippen LogP contribution in [0.4, 0.5) is 10.1 Å². The fourth-order valence-electron chi connectivity index (χ4n) is 4.27. The average Bonchev–Trinajstić information content (AvgIpc) is 2.82. The molecule has 3 aromatic rings. The minimum absolute atomic E-state index is 0.0601. The number of halogens is 2. The van der Waals surface area contributed by atoms with Crippen molar-refractivity contribution in [3.8, 4) is 0 Å². The number of anilines is 1. The molecule has 34 heavy (non-hydrogen) atoms. The molecule has 0 atom stereocenters. The minimum Gasteiger partial charge on any atom is -0.353 e. The molecule has 1 saturated carbocycles. The standard InChI is InChI=1S/C25H26ClFN4O3/c26-18-14-16(27)10-11-19(18)30-24(33)15-31-22-9-5-4-8-20(22)29-21(25(31)34)12-13-23(32)28-17-6-2-1-3-7-17/h4-5,8-11,14,17H,1-3,6-7,12-13,15H2,(H,28,32)(H,30,33). The van der Waals surface area contributed by atoms with E-state index in [0.717, 1.165) is 31.7 Å². The molecule has 0 radical (unpaired) electrons. The van der Waals surface area contributed by atoms with Crippen molar-refractivity contribution in [1.82, 2.24) is 14.9 Å². The molecule has 1 aliphatic carbocycles. The van der Waals surface area contributed by atoms with E-state index in [-0.39, 0.29) is 47.7 Å². The number of benzene rings is 2. The van der Waals surface area contributed by atoms with Crippen LogP contribution in [0.25, 0.3) is 11.0 Å². The Bertz CT molecular complexity index is 1270. The van der Waals surface area contributed by atoms with Gasteiger partial charge in [0.2, 0.25) is 11.8 Å². The first kappa shape index (κ1) is 23.9. The topological polar surface area (TPSA) is 93.1 Å². The van der Waals surface area contributed by atoms with Gasteiger partial charge in [-0.3, -0.25) is 19.0 Å². The second-order valence-corrected chi connectivity index (χ2v) is 8.92. The molecule has 0 spiro atoms. The fraction of sp³-hybridized carbons (Fsp3) is 0.360. The van der Waals surface area contributed by atoms with Gasteiger partial charge in [-0.1, -0.05) is 43.0 Å². The number of amides is 2. The van der Waals surface area contributed by atoms with Gasteiger partial charge in [-0.15, -0.1) is 0 Å². The van der Waals surface area contributed by atoms with Crippen molar-refractivity contribution in [3.63, 3.8) is 0 Å². The Morgan fingerprint density at radius 3 is 2.62 bits per heavy atom. The fourth-order valence-corrected chi connectivity index (χ4v) is 4.48. The van der Waals surface area contributed by atoms with Crippen molar-refractivity contribution in [1.29, 1.82) is 0 Å². The second kappa shape index (κ2) is 10.8. The SMILES string of the molecule is O=C(Cn1c(=O)c(CCC(=O)NC2CCCCC2)nc2ccccc21)Nc1ccc(F)cc1Cl. The predicted octanol–water partition coefficient (Wildman–Crippen LogP) is 4.21. The summed E-state index contributed by atoms with van der Waals surface area (Å²) in [5.74, 6) is -1.11. The Morgan fingerprint density at radius 2 is 1.85 bits per heavy atom. The van der Waals surface area contributed by atoms with Crippen LogP contribution in [-0.2, 0) is 22.6 Å². The maximum atomic E-state index is 13.3. The molecule has 4 rings (SSSR count). The van der Waals surface area contributed by atoms with Gasteiger partial charge >= 0.3 is 0 Å². The molecule has 178 valence electrons. The molecule has 1 fully saturated rings. The third-order valence-electron chi connectivity index (χ3n) is 5.99. The highest BCUT2D eigenvalue weighted by molar-refractivity contribution is 6.33. The molecule has 9 heteroatoms. The van der Waals surface area contributed by atoms with Crippen LogP contribution in [-0.4, -0.2) is 27.4 Å². The highest BCUT2D eigenvalue weighted by atomic mass is 35.5. The minimum atomic E-state index is -0.517. The van der Waals surface area contributed by atoms with Crippen molar-refractivity contribution >= 4 is 40.1 Å². The molecule has 0 aliphatic heterocycles. The summed E-state index contributed by atoms with van der Waals surface area (Å²) in [5, 5.41) is 5.72. The molecule has 0 saturated heterocycles. The van der Waals surface area contributed by atoms with E-state index in [0.29, 0.717) is 11.0 Å². The first-order valence-electron chi connectivity index (χ1n) is 11.4. The van der Waals surface area contributed by atoms with Crippen molar-refractivity contribution < 1.29 is 14.0 Å². The van der Waals surface area contributed by atoms with E-state index in [1.54, 1.807) is 24.3 Å². The number of nitrogens with zero attached hydrogens (tertiary/aromatic N) is 2. The van der Waals surface area contributed by atoms with Gasteiger partial charge in [0.15, 0.2) is 0 Å². The number of nitrogens with one attached hydrogen (secondary N) is 2. The molecule has 2 amide bonds. The summed E-state index contributed by atoms with van der Waals surface area (Å²) in [5.41, 5.74) is 1.11. The number of hydrogen-bond acceptors (Lipinski definition) is 4. The molecule has 1 heterocycles. The van der Waals surface area contributed by atoms with Crippen LogP contribution >= 0.6 is 11.6 Å². The van der Waals surface area contributed by atoms with Crippen LogP contribution < -0.4 is 16.2 Å². The summed E-state index contributed by atoms with van der Waals surface area (Å²) in [6, 6.07) is 10.9. The van der Waals surface area contributed by atoms with E-state index in [1.165, 1.54) is 23.1 Å². The number of para-hydroxylation sites is 2. The summed E-state index contributed by atoms with van der Waals surface area (Å²) in [6.45, 7) is -0.281. The van der Waals surface area contributed by atoms with Gasteiger partial charge < -0.3 is 10.6 Å².